The van der Waals surface area contributed by atoms with Crippen LogP contribution in [-0.4, -0.2) is 46.9 Å². The molecule has 0 aliphatic carbocycles. The van der Waals surface area contributed by atoms with Crippen molar-refractivity contribution >= 4 is 17.8 Å². The van der Waals surface area contributed by atoms with Gasteiger partial charge in [-0.2, -0.15) is 0 Å². The summed E-state index contributed by atoms with van der Waals surface area (Å²) in [7, 11) is 0. The first-order valence-electron chi connectivity index (χ1n) is 5.28. The third kappa shape index (κ3) is 3.48. The summed E-state index contributed by atoms with van der Waals surface area (Å²) in [5.74, 6) is 0.533. The Bertz CT molecular complexity index is 372. The zero-order valence-corrected chi connectivity index (χ0v) is 9.31. The van der Waals surface area contributed by atoms with E-state index < -0.39 is 17.9 Å². The summed E-state index contributed by atoms with van der Waals surface area (Å²) in [5, 5.41) is 11.3. The fourth-order valence-corrected chi connectivity index (χ4v) is 1.70. The molecule has 6 nitrogen and oxygen atoms in total. The molecule has 1 fully saturated rings. The van der Waals surface area contributed by atoms with Crippen LogP contribution in [0.3, 0.4) is 0 Å². The topological polar surface area (TPSA) is 86.7 Å². The normalized spacial score (nSPS) is 19.4. The van der Waals surface area contributed by atoms with E-state index >= 15 is 0 Å². The molecule has 1 heterocycles. The third-order valence-corrected chi connectivity index (χ3v) is 2.50. The number of carboxylic acids is 1. The van der Waals surface area contributed by atoms with Gasteiger partial charge in [0.05, 0.1) is 6.42 Å². The molecule has 2 N–H and O–H groups in total. The van der Waals surface area contributed by atoms with Gasteiger partial charge in [0.1, 0.15) is 6.04 Å². The Morgan fingerprint density at radius 2 is 2.29 bits per heavy atom. The van der Waals surface area contributed by atoms with Crippen LogP contribution in [0.4, 0.5) is 0 Å². The maximum Gasteiger partial charge on any atom is 0.305 e. The second-order valence-corrected chi connectivity index (χ2v) is 3.70. The van der Waals surface area contributed by atoms with Crippen molar-refractivity contribution in [2.75, 3.05) is 13.1 Å². The lowest BCUT2D eigenvalue weighted by Gasteiger charge is -2.34. The Morgan fingerprint density at radius 1 is 1.59 bits per heavy atom. The van der Waals surface area contributed by atoms with Gasteiger partial charge < -0.3 is 15.3 Å². The van der Waals surface area contributed by atoms with Gasteiger partial charge in [-0.3, -0.25) is 14.4 Å². The standard InChI is InChI=1S/C11H14N2O4/c1-2-3-4-9(14)13-6-5-12-11(17)8(13)7-10(15)16/h1,8H,3-7H2,(H,12,17)(H,15,16). The molecule has 2 amide bonds. The number of hydrogen-bond donors (Lipinski definition) is 2. The number of nitrogens with zero attached hydrogens (tertiary/aromatic N) is 1. The summed E-state index contributed by atoms with van der Waals surface area (Å²) < 4.78 is 0. The Kier molecular flexibility index (Phi) is 4.52. The van der Waals surface area contributed by atoms with Crippen molar-refractivity contribution in [1.29, 1.82) is 0 Å². The molecule has 1 aliphatic heterocycles. The Balaban J connectivity index is 2.72. The van der Waals surface area contributed by atoms with E-state index in [0.29, 0.717) is 13.1 Å². The first-order valence-corrected chi connectivity index (χ1v) is 5.28. The number of amides is 2. The third-order valence-electron chi connectivity index (χ3n) is 2.50. The van der Waals surface area contributed by atoms with E-state index in [1.165, 1.54) is 4.90 Å². The fourth-order valence-electron chi connectivity index (χ4n) is 1.70. The number of nitrogens with one attached hydrogen (secondary N) is 1. The van der Waals surface area contributed by atoms with E-state index in [4.69, 9.17) is 11.5 Å². The van der Waals surface area contributed by atoms with Crippen LogP contribution in [0, 0.1) is 12.3 Å². The van der Waals surface area contributed by atoms with E-state index in [0.717, 1.165) is 0 Å². The van der Waals surface area contributed by atoms with E-state index in [2.05, 4.69) is 11.2 Å². The molecule has 0 spiro atoms. The highest BCUT2D eigenvalue weighted by Gasteiger charge is 2.34. The number of aliphatic carboxylic acids is 1. The van der Waals surface area contributed by atoms with Crippen LogP contribution in [0.25, 0.3) is 0 Å². The van der Waals surface area contributed by atoms with Crippen LogP contribution in [0.5, 0.6) is 0 Å². The largest absolute Gasteiger partial charge is 0.481 e. The van der Waals surface area contributed by atoms with Crippen LogP contribution >= 0.6 is 0 Å². The van der Waals surface area contributed by atoms with Crippen LogP contribution in [-0.2, 0) is 14.4 Å². The predicted octanol–water partition coefficient (Wildman–Crippen LogP) is -0.798. The van der Waals surface area contributed by atoms with Crippen LogP contribution < -0.4 is 5.32 Å². The number of carbonyl (C=O) groups excluding carboxylic acids is 2. The van der Waals surface area contributed by atoms with Gasteiger partial charge in [-0.1, -0.05) is 0 Å². The summed E-state index contributed by atoms with van der Waals surface area (Å²) in [5.41, 5.74) is 0. The van der Waals surface area contributed by atoms with Gasteiger partial charge in [-0.05, 0) is 0 Å². The van der Waals surface area contributed by atoms with Gasteiger partial charge in [0.15, 0.2) is 0 Å². The predicted molar refractivity (Wildman–Crippen MR) is 58.8 cm³/mol. The smallest absolute Gasteiger partial charge is 0.305 e. The average molecular weight is 238 g/mol. The van der Waals surface area contributed by atoms with E-state index in [-0.39, 0.29) is 25.2 Å². The molecule has 1 saturated heterocycles. The molecule has 17 heavy (non-hydrogen) atoms. The molecule has 0 saturated carbocycles. The summed E-state index contributed by atoms with van der Waals surface area (Å²) >= 11 is 0. The zero-order valence-electron chi connectivity index (χ0n) is 9.31. The summed E-state index contributed by atoms with van der Waals surface area (Å²) in [4.78, 5) is 35.2. The van der Waals surface area contributed by atoms with E-state index in [9.17, 15) is 14.4 Å². The molecule has 1 unspecified atom stereocenters. The lowest BCUT2D eigenvalue weighted by Crippen LogP contribution is -2.57. The van der Waals surface area contributed by atoms with Crippen LogP contribution in [0.2, 0.25) is 0 Å². The van der Waals surface area contributed by atoms with Gasteiger partial charge in [0, 0.05) is 25.9 Å². The molecule has 1 atom stereocenters. The van der Waals surface area contributed by atoms with Crippen molar-refractivity contribution in [1.82, 2.24) is 10.2 Å². The highest BCUT2D eigenvalue weighted by molar-refractivity contribution is 5.91. The highest BCUT2D eigenvalue weighted by Crippen LogP contribution is 2.11. The number of piperazine rings is 1. The van der Waals surface area contributed by atoms with Gasteiger partial charge in [0.25, 0.3) is 0 Å². The van der Waals surface area contributed by atoms with Gasteiger partial charge in [-0.15, -0.1) is 12.3 Å². The van der Waals surface area contributed by atoms with Crippen molar-refractivity contribution < 1.29 is 19.5 Å². The Morgan fingerprint density at radius 3 is 2.88 bits per heavy atom. The molecule has 1 aliphatic rings. The van der Waals surface area contributed by atoms with Gasteiger partial charge in [0.2, 0.25) is 11.8 Å². The molecule has 6 heteroatoms. The highest BCUT2D eigenvalue weighted by atomic mass is 16.4. The second-order valence-electron chi connectivity index (χ2n) is 3.70. The summed E-state index contributed by atoms with van der Waals surface area (Å²) in [6.45, 7) is 0.670. The number of terminal acetylenes is 1. The van der Waals surface area contributed by atoms with Crippen molar-refractivity contribution in [3.05, 3.63) is 0 Å². The Hall–Kier alpha value is -2.03. The first kappa shape index (κ1) is 13.0. The lowest BCUT2D eigenvalue weighted by molar-refractivity contribution is -0.148. The minimum atomic E-state index is -1.11. The molecule has 92 valence electrons. The van der Waals surface area contributed by atoms with Crippen molar-refractivity contribution in [3.8, 4) is 12.3 Å². The maximum absolute atomic E-state index is 11.8. The van der Waals surface area contributed by atoms with Crippen molar-refractivity contribution in [3.63, 3.8) is 0 Å². The molecule has 1 rings (SSSR count). The minimum absolute atomic E-state index is 0.139. The molecule has 0 bridgehead atoms. The zero-order chi connectivity index (χ0) is 12.8. The maximum atomic E-state index is 11.8. The molecular weight excluding hydrogens is 224 g/mol. The molecular formula is C11H14N2O4. The molecule has 0 aromatic carbocycles. The number of carboxylic acid groups (broad SMARTS) is 1. The van der Waals surface area contributed by atoms with Gasteiger partial charge >= 0.3 is 5.97 Å². The van der Waals surface area contributed by atoms with Crippen molar-refractivity contribution in [2.24, 2.45) is 0 Å². The van der Waals surface area contributed by atoms with Crippen LogP contribution in [0.15, 0.2) is 0 Å². The molecule has 0 radical (unpaired) electrons. The lowest BCUT2D eigenvalue weighted by atomic mass is 10.1. The fraction of sp³-hybridized carbons (Fsp3) is 0.545. The second kappa shape index (κ2) is 5.89. The molecule has 0 aromatic rings. The van der Waals surface area contributed by atoms with E-state index in [1.807, 2.05) is 0 Å². The quantitative estimate of drug-likeness (QED) is 0.628. The number of rotatable bonds is 4. The van der Waals surface area contributed by atoms with Crippen molar-refractivity contribution in [2.45, 2.75) is 25.3 Å². The summed E-state index contributed by atoms with van der Waals surface area (Å²) in [6.07, 6.45) is 5.10. The monoisotopic (exact) mass is 238 g/mol. The SMILES string of the molecule is C#CCCC(=O)N1CCNC(=O)C1CC(=O)O. The minimum Gasteiger partial charge on any atom is -0.481 e. The average Bonchev–Trinajstić information content (AvgIpc) is 2.28. The Labute approximate surface area is 99.0 Å². The molecule has 0 aromatic heterocycles. The van der Waals surface area contributed by atoms with Gasteiger partial charge in [-0.25, -0.2) is 0 Å². The first-order chi connectivity index (χ1) is 8.06. The van der Waals surface area contributed by atoms with E-state index in [1.54, 1.807) is 0 Å². The summed E-state index contributed by atoms with van der Waals surface area (Å²) in [6, 6.07) is -0.925. The van der Waals surface area contributed by atoms with Crippen LogP contribution in [0.1, 0.15) is 19.3 Å². The number of carbonyl (C=O) groups is 3. The number of hydrogen-bond acceptors (Lipinski definition) is 3.